The standard InChI is InChI=1S/C19H25NO10S2/c21-5-8-11(23)12(24)14(26)17(28-8)30-16-9(6-22)29-18(15(27)13(16)25)32-19-20-7-3-1-2-4-10(7)31-19/h1-4,8-9,11-18,21-27H,5-6H2/t8-,9-,11-,12+,13-,14-,15-,16-,17+,18+/m1/s1. The number of rotatable bonds is 6. The fourth-order valence-electron chi connectivity index (χ4n) is 3.65. The van der Waals surface area contributed by atoms with Crippen LogP contribution in [0.15, 0.2) is 28.6 Å². The molecule has 3 heterocycles. The second-order valence-corrected chi connectivity index (χ2v) is 9.95. The van der Waals surface area contributed by atoms with Gasteiger partial charge in [-0.05, 0) is 12.1 Å². The lowest BCUT2D eigenvalue weighted by Gasteiger charge is -2.45. The smallest absolute Gasteiger partial charge is 0.187 e. The van der Waals surface area contributed by atoms with Crippen LogP contribution in [0.1, 0.15) is 0 Å². The molecule has 2 aromatic rings. The highest BCUT2D eigenvalue weighted by atomic mass is 32.2. The van der Waals surface area contributed by atoms with Gasteiger partial charge in [-0.25, -0.2) is 4.98 Å². The first-order valence-electron chi connectivity index (χ1n) is 9.94. The van der Waals surface area contributed by atoms with Gasteiger partial charge in [0.15, 0.2) is 10.6 Å². The minimum Gasteiger partial charge on any atom is -0.394 e. The second-order valence-electron chi connectivity index (χ2n) is 7.57. The molecule has 0 bridgehead atoms. The molecular formula is C19H25NO10S2. The molecule has 0 spiro atoms. The van der Waals surface area contributed by atoms with E-state index in [1.165, 1.54) is 11.3 Å². The van der Waals surface area contributed by atoms with E-state index in [0.29, 0.717) is 4.34 Å². The summed E-state index contributed by atoms with van der Waals surface area (Å²) in [5, 5.41) is 70.4. The van der Waals surface area contributed by atoms with Crippen molar-refractivity contribution in [3.63, 3.8) is 0 Å². The fraction of sp³-hybridized carbons (Fsp3) is 0.632. The molecule has 2 fully saturated rings. The molecule has 0 radical (unpaired) electrons. The number of aliphatic hydroxyl groups is 7. The summed E-state index contributed by atoms with van der Waals surface area (Å²) in [6.07, 6.45) is -13.1. The van der Waals surface area contributed by atoms with Crippen LogP contribution in [0.3, 0.4) is 0 Å². The predicted octanol–water partition coefficient (Wildman–Crippen LogP) is -1.99. The number of nitrogens with zero attached hydrogens (tertiary/aromatic N) is 1. The largest absolute Gasteiger partial charge is 0.394 e. The van der Waals surface area contributed by atoms with E-state index in [1.54, 1.807) is 0 Å². The topological polar surface area (TPSA) is 182 Å². The Labute approximate surface area is 190 Å². The molecule has 0 unspecified atom stereocenters. The van der Waals surface area contributed by atoms with Gasteiger partial charge in [0.05, 0.1) is 23.4 Å². The summed E-state index contributed by atoms with van der Waals surface area (Å²) in [6.45, 7) is -1.23. The maximum atomic E-state index is 10.7. The van der Waals surface area contributed by atoms with E-state index in [9.17, 15) is 35.7 Å². The summed E-state index contributed by atoms with van der Waals surface area (Å²) in [4.78, 5) is 4.46. The molecule has 2 saturated heterocycles. The molecule has 4 rings (SSSR count). The molecule has 0 aliphatic carbocycles. The summed E-state index contributed by atoms with van der Waals surface area (Å²) in [5.74, 6) is 0. The van der Waals surface area contributed by atoms with Crippen LogP contribution in [0, 0.1) is 0 Å². The molecule has 0 amide bonds. The quantitative estimate of drug-likeness (QED) is 0.237. The lowest BCUT2D eigenvalue weighted by molar-refractivity contribution is -0.338. The third kappa shape index (κ3) is 4.66. The minimum absolute atomic E-state index is 0.581. The van der Waals surface area contributed by atoms with Crippen molar-refractivity contribution in [1.82, 2.24) is 4.98 Å². The average molecular weight is 492 g/mol. The van der Waals surface area contributed by atoms with Crippen molar-refractivity contribution in [2.45, 2.75) is 64.9 Å². The summed E-state index contributed by atoms with van der Waals surface area (Å²) in [6, 6.07) is 7.50. The van der Waals surface area contributed by atoms with Crippen LogP contribution in [0.2, 0.25) is 0 Å². The van der Waals surface area contributed by atoms with Gasteiger partial charge in [0.1, 0.15) is 54.3 Å². The highest BCUT2D eigenvalue weighted by molar-refractivity contribution is 8.01. The third-order valence-electron chi connectivity index (χ3n) is 5.45. The summed E-state index contributed by atoms with van der Waals surface area (Å²) in [5.41, 5.74) is -0.175. The molecule has 11 nitrogen and oxygen atoms in total. The first-order valence-corrected chi connectivity index (χ1v) is 11.6. The van der Waals surface area contributed by atoms with Crippen molar-refractivity contribution in [3.05, 3.63) is 24.3 Å². The number of hydrogen-bond donors (Lipinski definition) is 7. The predicted molar refractivity (Wildman–Crippen MR) is 112 cm³/mol. The third-order valence-corrected chi connectivity index (χ3v) is 7.74. The van der Waals surface area contributed by atoms with Crippen molar-refractivity contribution in [2.24, 2.45) is 0 Å². The zero-order valence-corrected chi connectivity index (χ0v) is 18.2. The summed E-state index contributed by atoms with van der Waals surface area (Å²) < 4.78 is 18.2. The number of thioether (sulfide) groups is 1. The molecule has 2 aliphatic heterocycles. The van der Waals surface area contributed by atoms with Crippen LogP contribution in [-0.2, 0) is 14.2 Å². The molecule has 10 atom stereocenters. The number of fused-ring (bicyclic) bond motifs is 1. The van der Waals surface area contributed by atoms with Crippen LogP contribution >= 0.6 is 23.1 Å². The monoisotopic (exact) mass is 491 g/mol. The van der Waals surface area contributed by atoms with Crippen molar-refractivity contribution in [2.75, 3.05) is 13.2 Å². The molecule has 2 aliphatic rings. The molecule has 1 aromatic heterocycles. The van der Waals surface area contributed by atoms with Crippen molar-refractivity contribution in [3.8, 4) is 0 Å². The van der Waals surface area contributed by atoms with Gasteiger partial charge in [-0.3, -0.25) is 0 Å². The van der Waals surface area contributed by atoms with Crippen LogP contribution in [0.25, 0.3) is 10.2 Å². The zero-order chi connectivity index (χ0) is 23.0. The van der Waals surface area contributed by atoms with Crippen molar-refractivity contribution in [1.29, 1.82) is 0 Å². The number of aromatic nitrogens is 1. The minimum atomic E-state index is -1.70. The average Bonchev–Trinajstić information content (AvgIpc) is 3.21. The SMILES string of the molecule is OC[C@H]1O[C@@H](O[C@H]2[C@H](O)[C@@H](O)[C@H](Sc3nc4ccccc4s3)O[C@@H]2CO)[C@H](O)[C@@H](O)[C@@H]1O. The van der Waals surface area contributed by atoms with E-state index in [1.807, 2.05) is 24.3 Å². The molecule has 32 heavy (non-hydrogen) atoms. The Hall–Kier alpha value is -0.940. The van der Waals surface area contributed by atoms with Crippen LogP contribution in [0.5, 0.6) is 0 Å². The number of benzene rings is 1. The number of aliphatic hydroxyl groups excluding tert-OH is 7. The molecule has 178 valence electrons. The lowest BCUT2D eigenvalue weighted by Crippen LogP contribution is -2.64. The first kappa shape index (κ1) is 24.2. The highest BCUT2D eigenvalue weighted by Gasteiger charge is 2.50. The Morgan fingerprint density at radius 3 is 2.28 bits per heavy atom. The summed E-state index contributed by atoms with van der Waals surface area (Å²) >= 11 is 2.49. The Morgan fingerprint density at radius 1 is 0.875 bits per heavy atom. The summed E-state index contributed by atoms with van der Waals surface area (Å²) in [7, 11) is 0. The van der Waals surface area contributed by atoms with Gasteiger partial charge in [0.2, 0.25) is 0 Å². The van der Waals surface area contributed by atoms with Gasteiger partial charge in [-0.1, -0.05) is 23.9 Å². The Bertz CT molecular complexity index is 865. The molecule has 1 aromatic carbocycles. The van der Waals surface area contributed by atoms with E-state index in [0.717, 1.165) is 22.0 Å². The molecule has 7 N–H and O–H groups in total. The normalized spacial score (nSPS) is 40.6. The van der Waals surface area contributed by atoms with Crippen molar-refractivity contribution < 1.29 is 50.0 Å². The number of para-hydroxylation sites is 1. The number of ether oxygens (including phenoxy) is 3. The maximum Gasteiger partial charge on any atom is 0.187 e. The van der Waals surface area contributed by atoms with E-state index in [-0.39, 0.29) is 0 Å². The zero-order valence-electron chi connectivity index (χ0n) is 16.6. The second kappa shape index (κ2) is 10.1. The van der Waals surface area contributed by atoms with Gasteiger partial charge in [-0.2, -0.15) is 0 Å². The van der Waals surface area contributed by atoms with Gasteiger partial charge < -0.3 is 50.0 Å². The van der Waals surface area contributed by atoms with Crippen LogP contribution in [0.4, 0.5) is 0 Å². The Balaban J connectivity index is 1.47. The van der Waals surface area contributed by atoms with Gasteiger partial charge in [0.25, 0.3) is 0 Å². The van der Waals surface area contributed by atoms with E-state index < -0.39 is 73.8 Å². The van der Waals surface area contributed by atoms with Gasteiger partial charge >= 0.3 is 0 Å². The van der Waals surface area contributed by atoms with E-state index >= 15 is 0 Å². The van der Waals surface area contributed by atoms with E-state index in [2.05, 4.69) is 4.98 Å². The number of hydrogen-bond acceptors (Lipinski definition) is 13. The maximum absolute atomic E-state index is 10.7. The molecular weight excluding hydrogens is 466 g/mol. The van der Waals surface area contributed by atoms with Gasteiger partial charge in [-0.15, -0.1) is 11.3 Å². The van der Waals surface area contributed by atoms with Crippen LogP contribution < -0.4 is 0 Å². The first-order chi connectivity index (χ1) is 15.3. The molecule has 0 saturated carbocycles. The van der Waals surface area contributed by atoms with Gasteiger partial charge in [0, 0.05) is 0 Å². The highest BCUT2D eigenvalue weighted by Crippen LogP contribution is 2.38. The fourth-order valence-corrected chi connectivity index (χ4v) is 5.95. The molecule has 13 heteroatoms. The lowest BCUT2D eigenvalue weighted by atomic mass is 9.97. The van der Waals surface area contributed by atoms with E-state index in [4.69, 9.17) is 14.2 Å². The van der Waals surface area contributed by atoms with Crippen LogP contribution in [-0.4, -0.2) is 115 Å². The Kier molecular flexibility index (Phi) is 7.66. The Morgan fingerprint density at radius 2 is 1.59 bits per heavy atom. The number of thiazole rings is 1. The van der Waals surface area contributed by atoms with Crippen molar-refractivity contribution >= 4 is 33.3 Å².